The molecule has 0 radical (unpaired) electrons. The van der Waals surface area contributed by atoms with Crippen molar-refractivity contribution in [3.05, 3.63) is 0 Å². The maximum absolute atomic E-state index is 11.7. The van der Waals surface area contributed by atoms with Gasteiger partial charge in [-0.05, 0) is 24.7 Å². The van der Waals surface area contributed by atoms with Crippen molar-refractivity contribution < 1.29 is 19.1 Å². The molecule has 0 fully saturated rings. The Balaban J connectivity index is 0. The van der Waals surface area contributed by atoms with Crippen molar-refractivity contribution in [1.29, 1.82) is 0 Å². The first kappa shape index (κ1) is 27.4. The van der Waals surface area contributed by atoms with Gasteiger partial charge in [0.25, 0.3) is 0 Å². The second kappa shape index (κ2) is 19.0. The fourth-order valence-corrected chi connectivity index (χ4v) is 2.57. The number of carbonyl (C=O) groups excluding carboxylic acids is 2. The van der Waals surface area contributed by atoms with Crippen LogP contribution in [0.15, 0.2) is 0 Å². The van der Waals surface area contributed by atoms with E-state index in [1.165, 1.54) is 12.8 Å². The zero-order valence-corrected chi connectivity index (χ0v) is 16.3. The molecule has 25 heavy (non-hydrogen) atoms. The van der Waals surface area contributed by atoms with Gasteiger partial charge >= 0.3 is 49.7 Å². The zero-order chi connectivity index (χ0) is 18.2. The zero-order valence-electron chi connectivity index (χ0n) is 16.3. The molecule has 0 rings (SSSR count). The summed E-state index contributed by atoms with van der Waals surface area (Å²) >= 11 is 0. The summed E-state index contributed by atoms with van der Waals surface area (Å²) in [5.41, 5.74) is 0. The molecule has 5 heteroatoms. The van der Waals surface area contributed by atoms with Crippen LogP contribution in [0.2, 0.25) is 0 Å². The first-order valence-corrected chi connectivity index (χ1v) is 9.88. The molecule has 0 bridgehead atoms. The second-order valence-corrected chi connectivity index (χ2v) is 6.70. The van der Waals surface area contributed by atoms with Crippen molar-refractivity contribution in [3.63, 3.8) is 0 Å². The number of hydrogen-bond donors (Lipinski definition) is 0. The summed E-state index contributed by atoms with van der Waals surface area (Å²) in [5.74, 6) is 0.286. The van der Waals surface area contributed by atoms with Crippen molar-refractivity contribution in [2.45, 2.75) is 91.9 Å². The number of ether oxygens (including phenoxy) is 2. The van der Waals surface area contributed by atoms with Gasteiger partial charge in [-0.2, -0.15) is 0 Å². The SMILES string of the molecule is CCCCC(CC)COC(=O)CCC(=O)OCC(CC)CCCC.[CaH2]. The van der Waals surface area contributed by atoms with Crippen LogP contribution < -0.4 is 0 Å². The minimum atomic E-state index is -0.292. The molecule has 0 heterocycles. The molecule has 2 unspecified atom stereocenters. The standard InChI is InChI=1S/C20H38O4.Ca.2H/c1-5-9-11-17(7-3)15-23-19(21)13-14-20(22)24-16-18(8-4)12-10-6-2;;;/h17-18H,5-16H2,1-4H3;;;. The maximum atomic E-state index is 11.7. The molecule has 0 aromatic heterocycles. The van der Waals surface area contributed by atoms with E-state index in [2.05, 4.69) is 27.7 Å². The first-order valence-electron chi connectivity index (χ1n) is 9.88. The Bertz CT molecular complexity index is 302. The molecule has 4 nitrogen and oxygen atoms in total. The molecule has 0 aliphatic rings. The van der Waals surface area contributed by atoms with Crippen molar-refractivity contribution in [2.24, 2.45) is 11.8 Å². The topological polar surface area (TPSA) is 52.6 Å². The molecule has 0 aromatic rings. The predicted octanol–water partition coefficient (Wildman–Crippen LogP) is 4.37. The van der Waals surface area contributed by atoms with E-state index in [0.29, 0.717) is 25.0 Å². The number of rotatable bonds is 15. The van der Waals surface area contributed by atoms with Gasteiger partial charge in [-0.3, -0.25) is 9.59 Å². The van der Waals surface area contributed by atoms with Gasteiger partial charge in [-0.15, -0.1) is 0 Å². The fraction of sp³-hybridized carbons (Fsp3) is 0.900. The van der Waals surface area contributed by atoms with E-state index in [1.54, 1.807) is 0 Å². The van der Waals surface area contributed by atoms with Crippen molar-refractivity contribution in [1.82, 2.24) is 0 Å². The molecular formula is C20H40CaO4. The Kier molecular flexibility index (Phi) is 20.8. The minimum absolute atomic E-state index is 0. The van der Waals surface area contributed by atoms with Gasteiger partial charge in [0.1, 0.15) is 0 Å². The predicted molar refractivity (Wildman–Crippen MR) is 106 cm³/mol. The Hall–Kier alpha value is 0.200. The molecule has 2 atom stereocenters. The van der Waals surface area contributed by atoms with Crippen LogP contribution in [0.4, 0.5) is 0 Å². The van der Waals surface area contributed by atoms with E-state index in [-0.39, 0.29) is 62.5 Å². The molecule has 0 amide bonds. The van der Waals surface area contributed by atoms with Gasteiger partial charge in [-0.25, -0.2) is 0 Å². The van der Waals surface area contributed by atoms with E-state index < -0.39 is 0 Å². The molecule has 0 saturated heterocycles. The van der Waals surface area contributed by atoms with Gasteiger partial charge in [0, 0.05) is 0 Å². The van der Waals surface area contributed by atoms with Gasteiger partial charge in [0.05, 0.1) is 26.1 Å². The van der Waals surface area contributed by atoms with Crippen molar-refractivity contribution in [2.75, 3.05) is 13.2 Å². The summed E-state index contributed by atoms with van der Waals surface area (Å²) in [6.07, 6.45) is 9.12. The third-order valence-electron chi connectivity index (χ3n) is 4.58. The molecular weight excluding hydrogens is 344 g/mol. The summed E-state index contributed by atoms with van der Waals surface area (Å²) in [6.45, 7) is 9.51. The Labute approximate surface area is 184 Å². The summed E-state index contributed by atoms with van der Waals surface area (Å²) in [5, 5.41) is 0. The van der Waals surface area contributed by atoms with Crippen LogP contribution >= 0.6 is 0 Å². The van der Waals surface area contributed by atoms with Gasteiger partial charge in [-0.1, -0.05) is 66.2 Å². The number of esters is 2. The van der Waals surface area contributed by atoms with Gasteiger partial charge in [0.15, 0.2) is 0 Å². The summed E-state index contributed by atoms with van der Waals surface area (Å²) in [7, 11) is 0. The van der Waals surface area contributed by atoms with Crippen LogP contribution in [0.5, 0.6) is 0 Å². The van der Waals surface area contributed by atoms with Gasteiger partial charge in [0.2, 0.25) is 0 Å². The van der Waals surface area contributed by atoms with Crippen molar-refractivity contribution in [3.8, 4) is 0 Å². The summed E-state index contributed by atoms with van der Waals surface area (Å²) < 4.78 is 10.6. The van der Waals surface area contributed by atoms with Crippen LogP contribution in [0, 0.1) is 11.8 Å². The van der Waals surface area contributed by atoms with Crippen LogP contribution in [0.3, 0.4) is 0 Å². The van der Waals surface area contributed by atoms with Crippen LogP contribution in [0.25, 0.3) is 0 Å². The third-order valence-corrected chi connectivity index (χ3v) is 4.58. The van der Waals surface area contributed by atoms with Crippen LogP contribution in [0.1, 0.15) is 91.9 Å². The summed E-state index contributed by atoms with van der Waals surface area (Å²) in [4.78, 5) is 23.5. The molecule has 146 valence electrons. The van der Waals surface area contributed by atoms with E-state index in [0.717, 1.165) is 38.5 Å². The average Bonchev–Trinajstić information content (AvgIpc) is 2.60. The molecule has 0 saturated carbocycles. The molecule has 0 spiro atoms. The summed E-state index contributed by atoms with van der Waals surface area (Å²) in [6, 6.07) is 0. The van der Waals surface area contributed by atoms with E-state index >= 15 is 0 Å². The van der Waals surface area contributed by atoms with Gasteiger partial charge < -0.3 is 9.47 Å². The Morgan fingerprint density at radius 2 is 1.08 bits per heavy atom. The molecule has 0 aliphatic carbocycles. The van der Waals surface area contributed by atoms with Crippen LogP contribution in [-0.2, 0) is 19.1 Å². The normalized spacial score (nSPS) is 12.8. The third kappa shape index (κ3) is 16.1. The first-order chi connectivity index (χ1) is 11.6. The number of hydrogen-bond acceptors (Lipinski definition) is 4. The molecule has 0 N–H and O–H groups in total. The Morgan fingerprint density at radius 3 is 1.36 bits per heavy atom. The van der Waals surface area contributed by atoms with Crippen LogP contribution in [-0.4, -0.2) is 62.9 Å². The molecule has 0 aromatic carbocycles. The quantitative estimate of drug-likeness (QED) is 0.311. The second-order valence-electron chi connectivity index (χ2n) is 6.70. The molecule has 0 aliphatic heterocycles. The Morgan fingerprint density at radius 1 is 0.720 bits per heavy atom. The van der Waals surface area contributed by atoms with E-state index in [9.17, 15) is 9.59 Å². The monoisotopic (exact) mass is 384 g/mol. The van der Waals surface area contributed by atoms with Crippen molar-refractivity contribution >= 4 is 49.7 Å². The number of carbonyl (C=O) groups is 2. The average molecular weight is 385 g/mol. The van der Waals surface area contributed by atoms with E-state index in [4.69, 9.17) is 9.47 Å². The fourth-order valence-electron chi connectivity index (χ4n) is 2.57. The van der Waals surface area contributed by atoms with E-state index in [1.807, 2.05) is 0 Å². The number of unbranched alkanes of at least 4 members (excludes halogenated alkanes) is 2.